The topological polar surface area (TPSA) is 98.6 Å². The summed E-state index contributed by atoms with van der Waals surface area (Å²) in [7, 11) is 0. The zero-order valence-electron chi connectivity index (χ0n) is 21.0. The summed E-state index contributed by atoms with van der Waals surface area (Å²) in [5, 5.41) is 12.0. The van der Waals surface area contributed by atoms with E-state index in [0.717, 1.165) is 21.2 Å². The molecule has 2 aliphatic heterocycles. The molecule has 2 atom stereocenters. The van der Waals surface area contributed by atoms with Gasteiger partial charge in [0.1, 0.15) is 11.9 Å². The molecule has 3 aromatic rings. The predicted molar refractivity (Wildman–Crippen MR) is 146 cm³/mol. The molecule has 0 bridgehead atoms. The molecule has 3 aromatic carbocycles. The van der Waals surface area contributed by atoms with Gasteiger partial charge in [0.2, 0.25) is 12.7 Å². The lowest BCUT2D eigenvalue weighted by Crippen LogP contribution is -2.52. The van der Waals surface area contributed by atoms with E-state index >= 15 is 0 Å². The molecule has 2 aliphatic rings. The molecule has 0 saturated heterocycles. The van der Waals surface area contributed by atoms with Crippen molar-refractivity contribution in [3.63, 3.8) is 0 Å². The second-order valence-corrected chi connectivity index (χ2v) is 10.0. The van der Waals surface area contributed by atoms with Crippen LogP contribution in [0.4, 0.5) is 0 Å². The highest BCUT2D eigenvalue weighted by Gasteiger charge is 2.50. The van der Waals surface area contributed by atoms with E-state index in [1.807, 2.05) is 73.7 Å². The van der Waals surface area contributed by atoms with Crippen molar-refractivity contribution in [3.05, 3.63) is 87.9 Å². The Hall–Kier alpha value is -3.56. The Morgan fingerprint density at radius 2 is 1.92 bits per heavy atom. The van der Waals surface area contributed by atoms with E-state index in [2.05, 4.69) is 21.2 Å². The second-order valence-electron chi connectivity index (χ2n) is 9.19. The third-order valence-electron chi connectivity index (χ3n) is 6.64. The maximum absolute atomic E-state index is 13.9. The van der Waals surface area contributed by atoms with Crippen molar-refractivity contribution >= 4 is 27.7 Å². The van der Waals surface area contributed by atoms with E-state index in [1.54, 1.807) is 0 Å². The Labute approximate surface area is 229 Å². The summed E-state index contributed by atoms with van der Waals surface area (Å²) in [4.78, 5) is 18.8. The second kappa shape index (κ2) is 11.4. The molecule has 0 aromatic heterocycles. The number of nitrogens with one attached hydrogen (secondary N) is 1. The number of halogens is 1. The van der Waals surface area contributed by atoms with E-state index in [0.29, 0.717) is 49.1 Å². The number of hydrogen-bond acceptors (Lipinski definition) is 7. The Balaban J connectivity index is 1.40. The molecule has 0 aliphatic carbocycles. The van der Waals surface area contributed by atoms with Gasteiger partial charge in [-0.05, 0) is 60.5 Å². The summed E-state index contributed by atoms with van der Waals surface area (Å²) in [5.74, 6) is 2.24. The number of fused-ring (bicyclic) bond motifs is 1. The first-order valence-corrected chi connectivity index (χ1v) is 13.3. The number of aliphatic hydroxyl groups is 1. The van der Waals surface area contributed by atoms with E-state index in [9.17, 15) is 4.79 Å². The lowest BCUT2D eigenvalue weighted by molar-refractivity contribution is -0.128. The van der Waals surface area contributed by atoms with E-state index in [4.69, 9.17) is 29.0 Å². The normalized spacial score (nSPS) is 19.6. The lowest BCUT2D eigenvalue weighted by Gasteiger charge is -2.28. The van der Waals surface area contributed by atoms with Crippen molar-refractivity contribution in [1.82, 2.24) is 5.32 Å². The molecule has 2 N–H and O–H groups in total. The van der Waals surface area contributed by atoms with Crippen molar-refractivity contribution in [2.24, 2.45) is 4.99 Å². The third kappa shape index (κ3) is 5.49. The number of aliphatic hydroxyl groups excluding tert-OH is 1. The molecule has 0 fully saturated rings. The number of nitrogens with zero attached hydrogens (tertiary/aromatic N) is 1. The van der Waals surface area contributed by atoms with Crippen LogP contribution < -0.4 is 19.5 Å². The molecular weight excluding hydrogens is 552 g/mol. The van der Waals surface area contributed by atoms with Gasteiger partial charge in [-0.15, -0.1) is 0 Å². The van der Waals surface area contributed by atoms with Crippen LogP contribution >= 0.6 is 15.9 Å². The van der Waals surface area contributed by atoms with Gasteiger partial charge in [-0.2, -0.15) is 0 Å². The summed E-state index contributed by atoms with van der Waals surface area (Å²) in [5.41, 5.74) is 1.43. The van der Waals surface area contributed by atoms with Crippen molar-refractivity contribution in [3.8, 4) is 17.2 Å². The first-order valence-electron chi connectivity index (χ1n) is 12.5. The molecule has 0 saturated carbocycles. The fourth-order valence-corrected chi connectivity index (χ4v) is 4.89. The molecule has 0 spiro atoms. The van der Waals surface area contributed by atoms with Gasteiger partial charge in [-0.25, -0.2) is 4.99 Å². The van der Waals surface area contributed by atoms with Crippen molar-refractivity contribution < 1.29 is 28.8 Å². The fourth-order valence-electron chi connectivity index (χ4n) is 4.46. The van der Waals surface area contributed by atoms with Crippen LogP contribution in [0.3, 0.4) is 0 Å². The van der Waals surface area contributed by atoms with Crippen molar-refractivity contribution in [2.45, 2.75) is 38.0 Å². The molecule has 198 valence electrons. The van der Waals surface area contributed by atoms with Crippen LogP contribution in [0.15, 0.2) is 76.2 Å². The average Bonchev–Trinajstić information content (AvgIpc) is 3.53. The minimum atomic E-state index is -1.17. The molecule has 38 heavy (non-hydrogen) atoms. The van der Waals surface area contributed by atoms with Crippen LogP contribution in [0.25, 0.3) is 0 Å². The summed E-state index contributed by atoms with van der Waals surface area (Å²) >= 11 is 3.62. The highest BCUT2D eigenvalue weighted by atomic mass is 79.9. The summed E-state index contributed by atoms with van der Waals surface area (Å²) < 4.78 is 23.6. The smallest absolute Gasteiger partial charge is 0.252 e. The maximum Gasteiger partial charge on any atom is 0.252 e. The summed E-state index contributed by atoms with van der Waals surface area (Å²) in [6.45, 7) is 2.90. The fraction of sp³-hybridized carbons (Fsp3) is 0.310. The zero-order chi connectivity index (χ0) is 26.5. The first kappa shape index (κ1) is 26.1. The zero-order valence-corrected chi connectivity index (χ0v) is 22.6. The Kier molecular flexibility index (Phi) is 7.85. The molecule has 1 amide bonds. The minimum Gasteiger partial charge on any atom is -0.494 e. The van der Waals surface area contributed by atoms with E-state index in [1.165, 1.54) is 0 Å². The van der Waals surface area contributed by atoms with Gasteiger partial charge >= 0.3 is 0 Å². The van der Waals surface area contributed by atoms with Crippen LogP contribution in [-0.4, -0.2) is 48.6 Å². The summed E-state index contributed by atoms with van der Waals surface area (Å²) in [6, 6.07) is 20.8. The van der Waals surface area contributed by atoms with Crippen molar-refractivity contribution in [1.29, 1.82) is 0 Å². The van der Waals surface area contributed by atoms with Crippen LogP contribution in [0.1, 0.15) is 30.0 Å². The first-order chi connectivity index (χ1) is 18.5. The molecule has 8 nitrogen and oxygen atoms in total. The Morgan fingerprint density at radius 3 is 2.71 bits per heavy atom. The monoisotopic (exact) mass is 580 g/mol. The van der Waals surface area contributed by atoms with Crippen molar-refractivity contribution in [2.75, 3.05) is 20.0 Å². The van der Waals surface area contributed by atoms with Gasteiger partial charge in [0.05, 0.1) is 6.61 Å². The van der Waals surface area contributed by atoms with Gasteiger partial charge in [0.25, 0.3) is 5.91 Å². The van der Waals surface area contributed by atoms with Crippen LogP contribution in [0.5, 0.6) is 17.2 Å². The van der Waals surface area contributed by atoms with E-state index < -0.39 is 11.6 Å². The number of rotatable bonds is 10. The summed E-state index contributed by atoms with van der Waals surface area (Å²) in [6.07, 6.45) is 0.407. The maximum atomic E-state index is 13.9. The molecular formula is C29H29BrN2O6. The highest BCUT2D eigenvalue weighted by Crippen LogP contribution is 2.35. The largest absolute Gasteiger partial charge is 0.494 e. The number of aliphatic imine (C=N–C) groups is 1. The number of benzene rings is 3. The SMILES string of the molecule is C[C@H]1OC(c2ccc(OCCCO)cc2)=N[C@@]1(Cc1ccccc1Br)C(=O)NCc1ccc2c(c1)OCO2. The van der Waals surface area contributed by atoms with Crippen LogP contribution in [-0.2, 0) is 22.5 Å². The Morgan fingerprint density at radius 1 is 1.13 bits per heavy atom. The number of amides is 1. The van der Waals surface area contributed by atoms with Gasteiger partial charge in [-0.3, -0.25) is 4.79 Å². The molecule has 9 heteroatoms. The predicted octanol–water partition coefficient (Wildman–Crippen LogP) is 4.40. The average molecular weight is 581 g/mol. The molecule has 0 unspecified atom stereocenters. The molecule has 0 radical (unpaired) electrons. The van der Waals surface area contributed by atoms with Gasteiger partial charge in [-0.1, -0.05) is 40.2 Å². The minimum absolute atomic E-state index is 0.0803. The number of carbonyl (C=O) groups excluding carboxylic acids is 1. The number of carbonyl (C=O) groups is 1. The Bertz CT molecular complexity index is 1330. The molecule has 5 rings (SSSR count). The van der Waals surface area contributed by atoms with Gasteiger partial charge in [0, 0.05) is 36.0 Å². The lowest BCUT2D eigenvalue weighted by atomic mass is 9.86. The van der Waals surface area contributed by atoms with Gasteiger partial charge in [0.15, 0.2) is 17.0 Å². The van der Waals surface area contributed by atoms with Crippen LogP contribution in [0.2, 0.25) is 0 Å². The van der Waals surface area contributed by atoms with Gasteiger partial charge < -0.3 is 29.4 Å². The molecule has 2 heterocycles. The van der Waals surface area contributed by atoms with E-state index in [-0.39, 0.29) is 19.3 Å². The number of ether oxygens (including phenoxy) is 4. The third-order valence-corrected chi connectivity index (χ3v) is 7.41. The quantitative estimate of drug-likeness (QED) is 0.345. The highest BCUT2D eigenvalue weighted by molar-refractivity contribution is 9.10. The number of hydrogen-bond donors (Lipinski definition) is 2. The standard InChI is InChI=1S/C29H29BrN2O6/c1-19-29(16-22-5-2-3-6-24(22)30,28(34)31-17-20-7-12-25-26(15-20)37-18-36-25)32-27(38-19)21-8-10-23(11-9-21)35-14-4-13-33/h2-3,5-12,15,19,33H,4,13-14,16-18H2,1H3,(H,31,34)/t19-,29-/m1/s1. The van der Waals surface area contributed by atoms with Crippen LogP contribution in [0, 0.1) is 0 Å².